The quantitative estimate of drug-likeness (QED) is 0.745. The van der Waals surface area contributed by atoms with Crippen molar-refractivity contribution < 1.29 is 13.7 Å². The highest BCUT2D eigenvalue weighted by molar-refractivity contribution is 7.84. The molecule has 0 radical (unpaired) electrons. The molecule has 1 unspecified atom stereocenters. The van der Waals surface area contributed by atoms with Crippen LogP contribution in [-0.2, 0) is 10.8 Å². The largest absolute Gasteiger partial charge is 0.480 e. The van der Waals surface area contributed by atoms with Gasteiger partial charge >= 0.3 is 0 Å². The first-order valence-electron chi connectivity index (χ1n) is 3.81. The van der Waals surface area contributed by atoms with E-state index in [1.54, 1.807) is 12.1 Å². The molecule has 0 bridgehead atoms. The van der Waals surface area contributed by atoms with Crippen molar-refractivity contribution in [1.29, 1.82) is 0 Å². The van der Waals surface area contributed by atoms with Crippen LogP contribution in [-0.4, -0.2) is 22.7 Å². The van der Waals surface area contributed by atoms with Gasteiger partial charge in [-0.15, -0.1) is 0 Å². The molecule has 1 rings (SSSR count). The molecule has 0 heterocycles. The van der Waals surface area contributed by atoms with Gasteiger partial charge in [-0.3, -0.25) is 9.00 Å². The summed E-state index contributed by atoms with van der Waals surface area (Å²) >= 11 is 5.68. The third kappa shape index (κ3) is 3.12. The molecular formula is C9H9ClO3S. The van der Waals surface area contributed by atoms with E-state index in [1.807, 2.05) is 0 Å². The number of carbonyl (C=O) groups is 1. The van der Waals surface area contributed by atoms with Gasteiger partial charge in [-0.05, 0) is 18.2 Å². The third-order valence-corrected chi connectivity index (χ3v) is 2.16. The number of rotatable bonds is 4. The Balaban J connectivity index is 2.85. The van der Waals surface area contributed by atoms with Crippen LogP contribution in [0.1, 0.15) is 10.4 Å². The zero-order valence-corrected chi connectivity index (χ0v) is 9.10. The molecule has 0 fully saturated rings. The average Bonchev–Trinajstić information content (AvgIpc) is 2.15. The highest BCUT2D eigenvalue weighted by atomic mass is 35.5. The summed E-state index contributed by atoms with van der Waals surface area (Å²) in [4.78, 5) is 10.6. The van der Waals surface area contributed by atoms with E-state index in [0.717, 1.165) is 0 Å². The lowest BCUT2D eigenvalue weighted by molar-refractivity contribution is 0.112. The van der Waals surface area contributed by atoms with Crippen LogP contribution in [0.25, 0.3) is 0 Å². The van der Waals surface area contributed by atoms with E-state index >= 15 is 0 Å². The number of hydrogen-bond acceptors (Lipinski definition) is 3. The molecule has 0 aliphatic carbocycles. The van der Waals surface area contributed by atoms with Crippen molar-refractivity contribution in [3.05, 3.63) is 28.8 Å². The van der Waals surface area contributed by atoms with Gasteiger partial charge in [-0.25, -0.2) is 0 Å². The molecule has 14 heavy (non-hydrogen) atoms. The number of halogens is 1. The Morgan fingerprint density at radius 1 is 1.57 bits per heavy atom. The molecule has 0 spiro atoms. The van der Waals surface area contributed by atoms with Crippen LogP contribution in [0, 0.1) is 0 Å². The molecule has 3 nitrogen and oxygen atoms in total. The number of ether oxygens (including phenoxy) is 1. The van der Waals surface area contributed by atoms with Gasteiger partial charge in [0.1, 0.15) is 5.75 Å². The Morgan fingerprint density at radius 2 is 2.29 bits per heavy atom. The molecule has 1 aromatic carbocycles. The van der Waals surface area contributed by atoms with Crippen LogP contribution >= 0.6 is 11.6 Å². The second-order valence-corrected chi connectivity index (χ2v) is 4.45. The molecule has 1 atom stereocenters. The van der Waals surface area contributed by atoms with Crippen molar-refractivity contribution in [3.63, 3.8) is 0 Å². The summed E-state index contributed by atoms with van der Waals surface area (Å²) in [6.45, 7) is 0. The Morgan fingerprint density at radius 3 is 2.86 bits per heavy atom. The van der Waals surface area contributed by atoms with Crippen molar-refractivity contribution in [2.75, 3.05) is 12.2 Å². The maximum absolute atomic E-state index is 10.8. The van der Waals surface area contributed by atoms with Crippen molar-refractivity contribution in [1.82, 2.24) is 0 Å². The Hall–Kier alpha value is -0.870. The molecule has 5 heteroatoms. The fourth-order valence-corrected chi connectivity index (χ4v) is 1.36. The van der Waals surface area contributed by atoms with E-state index in [0.29, 0.717) is 22.6 Å². The van der Waals surface area contributed by atoms with E-state index in [9.17, 15) is 9.00 Å². The minimum Gasteiger partial charge on any atom is -0.480 e. The zero-order chi connectivity index (χ0) is 10.6. The Labute approximate surface area is 89.5 Å². The predicted molar refractivity (Wildman–Crippen MR) is 56.4 cm³/mol. The summed E-state index contributed by atoms with van der Waals surface area (Å²) in [6, 6.07) is 4.70. The monoisotopic (exact) mass is 232 g/mol. The lowest BCUT2D eigenvalue weighted by Crippen LogP contribution is -2.04. The van der Waals surface area contributed by atoms with E-state index in [2.05, 4.69) is 0 Å². The fraction of sp³-hybridized carbons (Fsp3) is 0.222. The summed E-state index contributed by atoms with van der Waals surface area (Å²) in [5, 5.41) is 0.470. The first-order chi connectivity index (χ1) is 6.63. The molecule has 0 aliphatic heterocycles. The van der Waals surface area contributed by atoms with Gasteiger partial charge in [-0.2, -0.15) is 0 Å². The highest BCUT2D eigenvalue weighted by Crippen LogP contribution is 2.21. The van der Waals surface area contributed by atoms with Gasteiger partial charge in [0.05, 0.1) is 16.4 Å². The SMILES string of the molecule is CS(=O)COc1ccc(Cl)cc1C=O. The van der Waals surface area contributed by atoms with E-state index in [4.69, 9.17) is 16.3 Å². The Kier molecular flexibility index (Phi) is 4.10. The van der Waals surface area contributed by atoms with Crippen LogP contribution < -0.4 is 4.74 Å². The number of aldehydes is 1. The second kappa shape index (κ2) is 5.12. The van der Waals surface area contributed by atoms with E-state index in [1.165, 1.54) is 12.3 Å². The fourth-order valence-electron chi connectivity index (χ4n) is 0.889. The van der Waals surface area contributed by atoms with Crippen molar-refractivity contribution in [3.8, 4) is 5.75 Å². The molecule has 0 saturated heterocycles. The Bertz CT molecular complexity index is 365. The van der Waals surface area contributed by atoms with Gasteiger partial charge in [0, 0.05) is 11.3 Å². The van der Waals surface area contributed by atoms with Crippen LogP contribution in [0.3, 0.4) is 0 Å². The van der Waals surface area contributed by atoms with Gasteiger partial charge in [0.15, 0.2) is 12.2 Å². The molecule has 0 N–H and O–H groups in total. The van der Waals surface area contributed by atoms with Gasteiger partial charge in [-0.1, -0.05) is 11.6 Å². The van der Waals surface area contributed by atoms with Crippen LogP contribution in [0.4, 0.5) is 0 Å². The lowest BCUT2D eigenvalue weighted by atomic mass is 10.2. The van der Waals surface area contributed by atoms with Gasteiger partial charge < -0.3 is 4.74 Å². The molecule has 1 aromatic rings. The second-order valence-electron chi connectivity index (χ2n) is 2.64. The van der Waals surface area contributed by atoms with Crippen molar-refractivity contribution >= 4 is 28.7 Å². The standard InChI is InChI=1S/C9H9ClO3S/c1-14(12)6-13-9-3-2-8(10)4-7(9)5-11/h2-5H,6H2,1H3. The molecule has 0 aromatic heterocycles. The van der Waals surface area contributed by atoms with Crippen LogP contribution in [0.15, 0.2) is 18.2 Å². The lowest BCUT2D eigenvalue weighted by Gasteiger charge is -2.06. The van der Waals surface area contributed by atoms with Gasteiger partial charge in [0.25, 0.3) is 0 Å². The first-order valence-corrected chi connectivity index (χ1v) is 5.91. The molecule has 0 aliphatic rings. The normalized spacial score (nSPS) is 12.1. The van der Waals surface area contributed by atoms with Gasteiger partial charge in [0.2, 0.25) is 0 Å². The summed E-state index contributed by atoms with van der Waals surface area (Å²) < 4.78 is 15.9. The van der Waals surface area contributed by atoms with Crippen molar-refractivity contribution in [2.24, 2.45) is 0 Å². The van der Waals surface area contributed by atoms with Crippen LogP contribution in [0.5, 0.6) is 5.75 Å². The first kappa shape index (κ1) is 11.2. The zero-order valence-electron chi connectivity index (χ0n) is 7.53. The minimum absolute atomic E-state index is 0.0719. The average molecular weight is 233 g/mol. The number of benzene rings is 1. The van der Waals surface area contributed by atoms with E-state index < -0.39 is 10.8 Å². The third-order valence-electron chi connectivity index (χ3n) is 1.48. The topological polar surface area (TPSA) is 43.4 Å². The molecule has 0 saturated carbocycles. The predicted octanol–water partition coefficient (Wildman–Crippen LogP) is 1.87. The maximum Gasteiger partial charge on any atom is 0.162 e. The number of carbonyl (C=O) groups excluding carboxylic acids is 1. The summed E-state index contributed by atoms with van der Waals surface area (Å²) in [5.41, 5.74) is 0.364. The summed E-state index contributed by atoms with van der Waals surface area (Å²) in [6.07, 6.45) is 2.18. The smallest absolute Gasteiger partial charge is 0.162 e. The molecular weight excluding hydrogens is 224 g/mol. The maximum atomic E-state index is 10.8. The van der Waals surface area contributed by atoms with Crippen LogP contribution in [0.2, 0.25) is 5.02 Å². The minimum atomic E-state index is -1.05. The summed E-state index contributed by atoms with van der Waals surface area (Å²) in [7, 11) is -1.05. The molecule has 76 valence electrons. The molecule has 0 amide bonds. The number of hydrogen-bond donors (Lipinski definition) is 0. The van der Waals surface area contributed by atoms with E-state index in [-0.39, 0.29) is 5.94 Å². The highest BCUT2D eigenvalue weighted by Gasteiger charge is 2.04. The van der Waals surface area contributed by atoms with Crippen molar-refractivity contribution in [2.45, 2.75) is 0 Å². The summed E-state index contributed by atoms with van der Waals surface area (Å²) in [5.74, 6) is 0.474.